The molecule has 2 aromatic rings. The Hall–Kier alpha value is -3.24. The zero-order chi connectivity index (χ0) is 20.7. The summed E-state index contributed by atoms with van der Waals surface area (Å²) < 4.78 is 15.8. The van der Waals surface area contributed by atoms with E-state index in [2.05, 4.69) is 5.32 Å². The molecule has 146 valence electrons. The van der Waals surface area contributed by atoms with E-state index < -0.39 is 18.0 Å². The molecule has 2 aromatic carbocycles. The number of esters is 1. The second-order valence-electron chi connectivity index (χ2n) is 5.65. The van der Waals surface area contributed by atoms with Gasteiger partial charge in [0.2, 0.25) is 0 Å². The Morgan fingerprint density at radius 2 is 2.04 bits per heavy atom. The molecule has 0 aromatic heterocycles. The van der Waals surface area contributed by atoms with Crippen LogP contribution in [0.5, 0.6) is 11.5 Å². The zero-order valence-corrected chi connectivity index (χ0v) is 16.4. The van der Waals surface area contributed by atoms with Crippen LogP contribution in [0.25, 0.3) is 0 Å². The first kappa shape index (κ1) is 21.1. The van der Waals surface area contributed by atoms with Crippen LogP contribution < -0.4 is 14.8 Å². The van der Waals surface area contributed by atoms with Crippen LogP contribution in [0.1, 0.15) is 29.8 Å². The van der Waals surface area contributed by atoms with Gasteiger partial charge in [-0.3, -0.25) is 4.79 Å². The lowest BCUT2D eigenvalue weighted by Gasteiger charge is -2.15. The number of rotatable bonds is 7. The molecular formula is C20H19ClN2O5. The average Bonchev–Trinajstić information content (AvgIpc) is 2.69. The van der Waals surface area contributed by atoms with Gasteiger partial charge in [0.15, 0.2) is 17.6 Å². The molecule has 0 aliphatic heterocycles. The normalized spacial score (nSPS) is 11.1. The lowest BCUT2D eigenvalue weighted by atomic mass is 10.2. The Morgan fingerprint density at radius 3 is 2.68 bits per heavy atom. The Labute approximate surface area is 167 Å². The van der Waals surface area contributed by atoms with E-state index in [1.807, 2.05) is 6.07 Å². The summed E-state index contributed by atoms with van der Waals surface area (Å²) >= 11 is 6.15. The number of nitriles is 1. The maximum Gasteiger partial charge on any atom is 0.339 e. The standard InChI is InChI=1S/C20H19ClN2O5/c1-4-27-18-16(21)9-14(10-17(18)26-3)20(25)28-12(2)19(24)23-15-7-5-6-13(8-15)11-22/h5-10,12H,4H2,1-3H3,(H,23,24)/t12-/m1/s1. The number of benzene rings is 2. The highest BCUT2D eigenvalue weighted by Gasteiger charge is 2.22. The summed E-state index contributed by atoms with van der Waals surface area (Å²) in [6.45, 7) is 3.61. The minimum Gasteiger partial charge on any atom is -0.493 e. The van der Waals surface area contributed by atoms with Crippen molar-refractivity contribution in [3.63, 3.8) is 0 Å². The van der Waals surface area contributed by atoms with E-state index in [9.17, 15) is 9.59 Å². The van der Waals surface area contributed by atoms with Crippen molar-refractivity contribution in [2.24, 2.45) is 0 Å². The highest BCUT2D eigenvalue weighted by molar-refractivity contribution is 6.32. The molecule has 0 radical (unpaired) electrons. The number of carbonyl (C=O) groups excluding carboxylic acids is 2. The smallest absolute Gasteiger partial charge is 0.339 e. The van der Waals surface area contributed by atoms with Gasteiger partial charge in [-0.1, -0.05) is 17.7 Å². The van der Waals surface area contributed by atoms with Crippen molar-refractivity contribution in [2.45, 2.75) is 20.0 Å². The molecule has 0 heterocycles. The highest BCUT2D eigenvalue weighted by Crippen LogP contribution is 2.36. The fourth-order valence-corrected chi connectivity index (χ4v) is 2.58. The summed E-state index contributed by atoms with van der Waals surface area (Å²) in [6.07, 6.45) is -1.07. The lowest BCUT2D eigenvalue weighted by molar-refractivity contribution is -0.123. The van der Waals surface area contributed by atoms with E-state index in [1.54, 1.807) is 25.1 Å². The van der Waals surface area contributed by atoms with Crippen molar-refractivity contribution < 1.29 is 23.8 Å². The first-order valence-electron chi connectivity index (χ1n) is 8.42. The van der Waals surface area contributed by atoms with E-state index in [0.29, 0.717) is 23.6 Å². The quantitative estimate of drug-likeness (QED) is 0.707. The van der Waals surface area contributed by atoms with Crippen molar-refractivity contribution in [3.05, 3.63) is 52.5 Å². The molecule has 1 amide bonds. The van der Waals surface area contributed by atoms with Gasteiger partial charge >= 0.3 is 5.97 Å². The number of methoxy groups -OCH3 is 1. The second-order valence-corrected chi connectivity index (χ2v) is 6.06. The Kier molecular flexibility index (Phi) is 7.24. The van der Waals surface area contributed by atoms with Crippen LogP contribution in [0.3, 0.4) is 0 Å². The third-order valence-electron chi connectivity index (χ3n) is 3.67. The molecule has 0 aliphatic rings. The minimum atomic E-state index is -1.07. The summed E-state index contributed by atoms with van der Waals surface area (Å²) in [5.41, 5.74) is 0.952. The monoisotopic (exact) mass is 402 g/mol. The van der Waals surface area contributed by atoms with Gasteiger partial charge in [-0.15, -0.1) is 0 Å². The Balaban J connectivity index is 2.10. The van der Waals surface area contributed by atoms with Crippen LogP contribution in [0.15, 0.2) is 36.4 Å². The number of hydrogen-bond acceptors (Lipinski definition) is 6. The number of nitrogens with one attached hydrogen (secondary N) is 1. The predicted molar refractivity (Wildman–Crippen MR) is 104 cm³/mol. The summed E-state index contributed by atoms with van der Waals surface area (Å²) in [7, 11) is 1.43. The molecule has 1 atom stereocenters. The molecule has 28 heavy (non-hydrogen) atoms. The number of nitrogens with zero attached hydrogens (tertiary/aromatic N) is 1. The maximum absolute atomic E-state index is 12.4. The second kappa shape index (κ2) is 9.62. The molecule has 0 spiro atoms. The maximum atomic E-state index is 12.4. The third kappa shape index (κ3) is 5.15. The van der Waals surface area contributed by atoms with Crippen molar-refractivity contribution in [2.75, 3.05) is 19.0 Å². The van der Waals surface area contributed by atoms with Gasteiger partial charge < -0.3 is 19.5 Å². The van der Waals surface area contributed by atoms with Crippen LogP contribution >= 0.6 is 11.6 Å². The molecule has 0 aliphatic carbocycles. The topological polar surface area (TPSA) is 97.6 Å². The molecule has 0 unspecified atom stereocenters. The average molecular weight is 403 g/mol. The molecule has 0 saturated carbocycles. The SMILES string of the molecule is CCOc1c(Cl)cc(C(=O)O[C@H](C)C(=O)Nc2cccc(C#N)c2)cc1OC. The highest BCUT2D eigenvalue weighted by atomic mass is 35.5. The zero-order valence-electron chi connectivity index (χ0n) is 15.6. The molecule has 0 fully saturated rings. The number of halogens is 1. The van der Waals surface area contributed by atoms with Gasteiger partial charge in [-0.25, -0.2) is 4.79 Å². The van der Waals surface area contributed by atoms with Gasteiger partial charge in [0.05, 0.1) is 35.9 Å². The predicted octanol–water partition coefficient (Wildman–Crippen LogP) is 3.80. The number of ether oxygens (including phenoxy) is 3. The first-order valence-corrected chi connectivity index (χ1v) is 8.79. The molecule has 1 N–H and O–H groups in total. The van der Waals surface area contributed by atoms with Crippen LogP contribution in [0.4, 0.5) is 5.69 Å². The van der Waals surface area contributed by atoms with E-state index in [4.69, 9.17) is 31.1 Å². The van der Waals surface area contributed by atoms with Gasteiger partial charge in [-0.2, -0.15) is 5.26 Å². The summed E-state index contributed by atoms with van der Waals surface area (Å²) in [4.78, 5) is 24.7. The summed E-state index contributed by atoms with van der Waals surface area (Å²) in [6, 6.07) is 11.2. The van der Waals surface area contributed by atoms with Crippen molar-refractivity contribution in [1.29, 1.82) is 5.26 Å². The largest absolute Gasteiger partial charge is 0.493 e. The lowest BCUT2D eigenvalue weighted by Crippen LogP contribution is -2.30. The van der Waals surface area contributed by atoms with E-state index in [0.717, 1.165) is 0 Å². The first-order chi connectivity index (χ1) is 13.4. The van der Waals surface area contributed by atoms with Crippen LogP contribution in [-0.4, -0.2) is 31.7 Å². The summed E-state index contributed by atoms with van der Waals surface area (Å²) in [5.74, 6) is -0.665. The molecular weight excluding hydrogens is 384 g/mol. The van der Waals surface area contributed by atoms with Gasteiger partial charge in [0, 0.05) is 5.69 Å². The summed E-state index contributed by atoms with van der Waals surface area (Å²) in [5, 5.41) is 11.7. The van der Waals surface area contributed by atoms with Crippen LogP contribution in [-0.2, 0) is 9.53 Å². The molecule has 0 saturated heterocycles. The molecule has 0 bridgehead atoms. The fraction of sp³-hybridized carbons (Fsp3) is 0.250. The van der Waals surface area contributed by atoms with Crippen molar-refractivity contribution in [3.8, 4) is 17.6 Å². The third-order valence-corrected chi connectivity index (χ3v) is 3.95. The number of hydrogen-bond donors (Lipinski definition) is 1. The van der Waals surface area contributed by atoms with Gasteiger partial charge in [0.25, 0.3) is 5.91 Å². The van der Waals surface area contributed by atoms with E-state index in [1.165, 1.54) is 32.2 Å². The number of amides is 1. The van der Waals surface area contributed by atoms with Crippen LogP contribution in [0, 0.1) is 11.3 Å². The Morgan fingerprint density at radius 1 is 1.29 bits per heavy atom. The van der Waals surface area contributed by atoms with Crippen molar-refractivity contribution in [1.82, 2.24) is 0 Å². The molecule has 7 nitrogen and oxygen atoms in total. The number of carbonyl (C=O) groups is 2. The molecule has 8 heteroatoms. The minimum absolute atomic E-state index is 0.122. The van der Waals surface area contributed by atoms with E-state index >= 15 is 0 Å². The van der Waals surface area contributed by atoms with Gasteiger partial charge in [0.1, 0.15) is 0 Å². The van der Waals surface area contributed by atoms with Crippen molar-refractivity contribution >= 4 is 29.2 Å². The van der Waals surface area contributed by atoms with Crippen LogP contribution in [0.2, 0.25) is 5.02 Å². The Bertz CT molecular complexity index is 923. The van der Waals surface area contributed by atoms with Gasteiger partial charge in [-0.05, 0) is 44.2 Å². The fourth-order valence-electron chi connectivity index (χ4n) is 2.31. The molecule has 2 rings (SSSR count). The number of anilines is 1. The van der Waals surface area contributed by atoms with E-state index in [-0.39, 0.29) is 16.3 Å².